The second-order valence-corrected chi connectivity index (χ2v) is 5.31. The van der Waals surface area contributed by atoms with E-state index in [2.05, 4.69) is 52.3 Å². The highest BCUT2D eigenvalue weighted by molar-refractivity contribution is 9.10. The van der Waals surface area contributed by atoms with Crippen molar-refractivity contribution in [3.63, 3.8) is 0 Å². The Labute approximate surface area is 120 Å². The predicted molar refractivity (Wildman–Crippen MR) is 81.8 cm³/mol. The number of rotatable bonds is 1. The monoisotopic (exact) mass is 307 g/mol. The van der Waals surface area contributed by atoms with Crippen LogP contribution in [0.1, 0.15) is 5.56 Å². The summed E-state index contributed by atoms with van der Waals surface area (Å²) in [6, 6.07) is 22.5. The Hall–Kier alpha value is -2.11. The molecule has 0 fully saturated rings. The van der Waals surface area contributed by atoms with Gasteiger partial charge in [0.15, 0.2) is 0 Å². The minimum atomic E-state index is 0.688. The van der Waals surface area contributed by atoms with Gasteiger partial charge in [-0.15, -0.1) is 0 Å². The van der Waals surface area contributed by atoms with Crippen LogP contribution in [0, 0.1) is 11.3 Å². The van der Waals surface area contributed by atoms with E-state index in [4.69, 9.17) is 5.26 Å². The molecule has 3 aromatic rings. The zero-order valence-corrected chi connectivity index (χ0v) is 11.7. The average Bonchev–Trinajstić information content (AvgIpc) is 2.47. The molecule has 3 rings (SSSR count). The Morgan fingerprint density at radius 2 is 1.37 bits per heavy atom. The van der Waals surface area contributed by atoms with E-state index >= 15 is 0 Å². The summed E-state index contributed by atoms with van der Waals surface area (Å²) in [5, 5.41) is 11.2. The quantitative estimate of drug-likeness (QED) is 0.610. The van der Waals surface area contributed by atoms with Crippen LogP contribution in [0.5, 0.6) is 0 Å². The number of hydrogen-bond donors (Lipinski definition) is 0. The minimum Gasteiger partial charge on any atom is -0.192 e. The molecule has 0 radical (unpaired) electrons. The predicted octanol–water partition coefficient (Wildman–Crippen LogP) is 5.14. The molecule has 0 aliphatic heterocycles. The fraction of sp³-hybridized carbons (Fsp3) is 0. The van der Waals surface area contributed by atoms with Gasteiger partial charge in [-0.1, -0.05) is 46.3 Å². The molecule has 0 spiro atoms. The standard InChI is InChI=1S/C17H10BrN/c18-17-8-7-15-9-14(5-6-16(15)10-17)13-3-1-12(11-19)2-4-13/h1-10H. The average molecular weight is 308 g/mol. The first-order chi connectivity index (χ1) is 9.26. The molecule has 2 heteroatoms. The third-order valence-corrected chi connectivity index (χ3v) is 3.64. The van der Waals surface area contributed by atoms with E-state index in [1.807, 2.05) is 30.3 Å². The molecule has 0 aromatic heterocycles. The fourth-order valence-corrected chi connectivity index (χ4v) is 2.51. The van der Waals surface area contributed by atoms with Gasteiger partial charge in [0, 0.05) is 4.47 Å². The van der Waals surface area contributed by atoms with Gasteiger partial charge in [-0.3, -0.25) is 0 Å². The normalized spacial score (nSPS) is 10.3. The number of benzene rings is 3. The van der Waals surface area contributed by atoms with Gasteiger partial charge in [-0.25, -0.2) is 0 Å². The Kier molecular flexibility index (Phi) is 3.06. The molecule has 0 saturated heterocycles. The van der Waals surface area contributed by atoms with Crippen LogP contribution in [-0.2, 0) is 0 Å². The summed E-state index contributed by atoms with van der Waals surface area (Å²) < 4.78 is 1.09. The molecule has 0 atom stereocenters. The summed E-state index contributed by atoms with van der Waals surface area (Å²) in [6.45, 7) is 0. The Bertz CT molecular complexity index is 782. The first-order valence-corrected chi connectivity index (χ1v) is 6.75. The summed E-state index contributed by atoms with van der Waals surface area (Å²) in [5.41, 5.74) is 2.98. The fourth-order valence-electron chi connectivity index (χ4n) is 2.13. The van der Waals surface area contributed by atoms with E-state index in [1.54, 1.807) is 0 Å². The summed E-state index contributed by atoms with van der Waals surface area (Å²) in [4.78, 5) is 0. The maximum Gasteiger partial charge on any atom is 0.0991 e. The molecule has 0 aliphatic carbocycles. The molecule has 1 nitrogen and oxygen atoms in total. The van der Waals surface area contributed by atoms with Crippen LogP contribution >= 0.6 is 15.9 Å². The van der Waals surface area contributed by atoms with E-state index in [0.717, 1.165) is 10.0 Å². The smallest absolute Gasteiger partial charge is 0.0991 e. The van der Waals surface area contributed by atoms with Crippen molar-refractivity contribution in [1.82, 2.24) is 0 Å². The molecule has 0 bridgehead atoms. The second-order valence-electron chi connectivity index (χ2n) is 4.40. The summed E-state index contributed by atoms with van der Waals surface area (Å²) in [6.07, 6.45) is 0. The largest absolute Gasteiger partial charge is 0.192 e. The van der Waals surface area contributed by atoms with E-state index in [0.29, 0.717) is 5.56 Å². The third kappa shape index (κ3) is 2.38. The van der Waals surface area contributed by atoms with Crippen molar-refractivity contribution >= 4 is 26.7 Å². The molecule has 0 amide bonds. The molecular weight excluding hydrogens is 298 g/mol. The van der Waals surface area contributed by atoms with E-state index in [-0.39, 0.29) is 0 Å². The highest BCUT2D eigenvalue weighted by Crippen LogP contribution is 2.26. The number of halogens is 1. The minimum absolute atomic E-state index is 0.688. The van der Waals surface area contributed by atoms with Crippen LogP contribution in [0.3, 0.4) is 0 Å². The van der Waals surface area contributed by atoms with Crippen LogP contribution < -0.4 is 0 Å². The first kappa shape index (κ1) is 12.0. The molecule has 0 aliphatic rings. The van der Waals surface area contributed by atoms with Gasteiger partial charge >= 0.3 is 0 Å². The highest BCUT2D eigenvalue weighted by Gasteiger charge is 2.00. The number of nitrogens with zero attached hydrogens (tertiary/aromatic N) is 1. The van der Waals surface area contributed by atoms with Crippen molar-refractivity contribution in [3.05, 3.63) is 70.7 Å². The molecular formula is C17H10BrN. The summed E-state index contributed by atoms with van der Waals surface area (Å²) in [7, 11) is 0. The van der Waals surface area contributed by atoms with Crippen LogP contribution in [0.15, 0.2) is 65.1 Å². The van der Waals surface area contributed by atoms with Crippen LogP contribution in [0.2, 0.25) is 0 Å². The second kappa shape index (κ2) is 4.87. The summed E-state index contributed by atoms with van der Waals surface area (Å²) in [5.74, 6) is 0. The van der Waals surface area contributed by atoms with Gasteiger partial charge in [-0.05, 0) is 52.2 Å². The maximum absolute atomic E-state index is 8.81. The van der Waals surface area contributed by atoms with Crippen molar-refractivity contribution in [2.24, 2.45) is 0 Å². The van der Waals surface area contributed by atoms with Crippen LogP contribution in [0.4, 0.5) is 0 Å². The molecule has 0 N–H and O–H groups in total. The lowest BCUT2D eigenvalue weighted by Gasteiger charge is -2.05. The van der Waals surface area contributed by atoms with Gasteiger partial charge in [0.05, 0.1) is 11.6 Å². The van der Waals surface area contributed by atoms with Gasteiger partial charge < -0.3 is 0 Å². The van der Waals surface area contributed by atoms with Crippen molar-refractivity contribution in [3.8, 4) is 17.2 Å². The first-order valence-electron chi connectivity index (χ1n) is 5.96. The molecule has 19 heavy (non-hydrogen) atoms. The van der Waals surface area contributed by atoms with E-state index < -0.39 is 0 Å². The van der Waals surface area contributed by atoms with Crippen molar-refractivity contribution in [1.29, 1.82) is 5.26 Å². The van der Waals surface area contributed by atoms with Crippen LogP contribution in [-0.4, -0.2) is 0 Å². The van der Waals surface area contributed by atoms with Crippen molar-refractivity contribution in [2.75, 3.05) is 0 Å². The number of hydrogen-bond acceptors (Lipinski definition) is 1. The van der Waals surface area contributed by atoms with Gasteiger partial charge in [0.25, 0.3) is 0 Å². The zero-order valence-electron chi connectivity index (χ0n) is 10.1. The molecule has 0 unspecified atom stereocenters. The topological polar surface area (TPSA) is 23.8 Å². The zero-order chi connectivity index (χ0) is 13.2. The number of fused-ring (bicyclic) bond motifs is 1. The van der Waals surface area contributed by atoms with Crippen molar-refractivity contribution < 1.29 is 0 Å². The Morgan fingerprint density at radius 3 is 2.11 bits per heavy atom. The molecule has 0 saturated carbocycles. The van der Waals surface area contributed by atoms with Gasteiger partial charge in [0.2, 0.25) is 0 Å². The van der Waals surface area contributed by atoms with Crippen molar-refractivity contribution in [2.45, 2.75) is 0 Å². The summed E-state index contributed by atoms with van der Waals surface area (Å²) >= 11 is 3.48. The Balaban J connectivity index is 2.09. The molecule has 3 aromatic carbocycles. The van der Waals surface area contributed by atoms with Gasteiger partial charge in [-0.2, -0.15) is 5.26 Å². The van der Waals surface area contributed by atoms with E-state index in [1.165, 1.54) is 16.3 Å². The number of nitriles is 1. The third-order valence-electron chi connectivity index (χ3n) is 3.15. The van der Waals surface area contributed by atoms with Gasteiger partial charge in [0.1, 0.15) is 0 Å². The highest BCUT2D eigenvalue weighted by atomic mass is 79.9. The lowest BCUT2D eigenvalue weighted by molar-refractivity contribution is 1.48. The van der Waals surface area contributed by atoms with E-state index in [9.17, 15) is 0 Å². The lowest BCUT2D eigenvalue weighted by Crippen LogP contribution is -1.80. The Morgan fingerprint density at radius 1 is 0.737 bits per heavy atom. The van der Waals surface area contributed by atoms with Crippen LogP contribution in [0.25, 0.3) is 21.9 Å². The molecule has 90 valence electrons. The lowest BCUT2D eigenvalue weighted by atomic mass is 10.0. The molecule has 0 heterocycles. The SMILES string of the molecule is N#Cc1ccc(-c2ccc3cc(Br)ccc3c2)cc1. The maximum atomic E-state index is 8.81.